The first-order valence-electron chi connectivity index (χ1n) is 2.96. The lowest BCUT2D eigenvalue weighted by Gasteiger charge is -1.99. The molecule has 0 fully saturated rings. The third-order valence-corrected chi connectivity index (χ3v) is 1.53. The molecule has 0 aromatic carbocycles. The monoisotopic (exact) mass is 173 g/mol. The Morgan fingerprint density at radius 3 is 2.91 bits per heavy atom. The van der Waals surface area contributed by atoms with Crippen LogP contribution in [0, 0.1) is 0 Å². The normalized spacial score (nSPS) is 11.7. The second-order valence-electron chi connectivity index (χ2n) is 1.82. The van der Waals surface area contributed by atoms with Crippen molar-refractivity contribution >= 4 is 17.4 Å². The molecular formula is C6H8ClN3O. The van der Waals surface area contributed by atoms with Gasteiger partial charge in [0.2, 0.25) is 5.22 Å². The summed E-state index contributed by atoms with van der Waals surface area (Å²) in [6, 6.07) is 1.69. The lowest BCUT2D eigenvalue weighted by Crippen LogP contribution is -2.30. The zero-order chi connectivity index (χ0) is 8.27. The van der Waals surface area contributed by atoms with Crippen molar-refractivity contribution < 1.29 is 4.42 Å². The molecule has 0 aliphatic rings. The molecule has 0 amide bonds. The quantitative estimate of drug-likeness (QED) is 0.286. The number of amidine groups is 1. The molecule has 4 nitrogen and oxygen atoms in total. The number of nitrogens with two attached hydrogens (primary N) is 1. The summed E-state index contributed by atoms with van der Waals surface area (Å²) in [5.41, 5.74) is 3.06. The van der Waals surface area contributed by atoms with Crippen LogP contribution in [0.15, 0.2) is 21.7 Å². The molecule has 1 aromatic rings. The second-order valence-corrected chi connectivity index (χ2v) is 2.17. The Morgan fingerprint density at radius 1 is 1.82 bits per heavy atom. The smallest absolute Gasteiger partial charge is 0.203 e. The number of rotatable bonds is 1. The van der Waals surface area contributed by atoms with Crippen molar-refractivity contribution in [3.63, 3.8) is 0 Å². The molecule has 11 heavy (non-hydrogen) atoms. The van der Waals surface area contributed by atoms with Gasteiger partial charge in [-0.25, -0.2) is 5.84 Å². The van der Waals surface area contributed by atoms with Crippen molar-refractivity contribution in [2.45, 2.75) is 0 Å². The van der Waals surface area contributed by atoms with E-state index in [1.807, 2.05) is 0 Å². The Balaban J connectivity index is 3.00. The molecule has 0 spiro atoms. The fourth-order valence-corrected chi connectivity index (χ4v) is 0.930. The Kier molecular flexibility index (Phi) is 2.51. The molecule has 3 N–H and O–H groups in total. The lowest BCUT2D eigenvalue weighted by atomic mass is 10.3. The first-order chi connectivity index (χ1) is 5.29. The van der Waals surface area contributed by atoms with Crippen molar-refractivity contribution in [2.75, 3.05) is 7.05 Å². The van der Waals surface area contributed by atoms with Crippen LogP contribution >= 0.6 is 11.6 Å². The maximum Gasteiger partial charge on any atom is 0.203 e. The molecule has 0 aliphatic heterocycles. The highest BCUT2D eigenvalue weighted by atomic mass is 35.5. The minimum atomic E-state index is 0.281. The summed E-state index contributed by atoms with van der Waals surface area (Å²) < 4.78 is 4.84. The van der Waals surface area contributed by atoms with Crippen LogP contribution in [0.25, 0.3) is 0 Å². The van der Waals surface area contributed by atoms with Crippen LogP contribution in [-0.2, 0) is 0 Å². The van der Waals surface area contributed by atoms with Crippen LogP contribution in [0.5, 0.6) is 0 Å². The summed E-state index contributed by atoms with van der Waals surface area (Å²) in [6.45, 7) is 0. The number of nitrogens with one attached hydrogen (secondary N) is 1. The number of halogens is 1. The van der Waals surface area contributed by atoms with Gasteiger partial charge < -0.3 is 9.84 Å². The van der Waals surface area contributed by atoms with Crippen molar-refractivity contribution in [3.05, 3.63) is 23.1 Å². The van der Waals surface area contributed by atoms with Gasteiger partial charge in [-0.15, -0.1) is 0 Å². The first-order valence-corrected chi connectivity index (χ1v) is 3.34. The molecule has 1 aromatic heterocycles. The van der Waals surface area contributed by atoms with Gasteiger partial charge in [0.15, 0.2) is 0 Å². The molecule has 0 unspecified atom stereocenters. The first kappa shape index (κ1) is 8.10. The van der Waals surface area contributed by atoms with Crippen LogP contribution in [-0.4, -0.2) is 12.9 Å². The van der Waals surface area contributed by atoms with Gasteiger partial charge in [0, 0.05) is 7.05 Å². The van der Waals surface area contributed by atoms with E-state index in [9.17, 15) is 0 Å². The van der Waals surface area contributed by atoms with E-state index >= 15 is 0 Å². The molecule has 0 aliphatic carbocycles. The zero-order valence-corrected chi connectivity index (χ0v) is 6.72. The summed E-state index contributed by atoms with van der Waals surface area (Å²) in [5, 5.41) is 0.281. The third-order valence-electron chi connectivity index (χ3n) is 1.23. The van der Waals surface area contributed by atoms with Crippen LogP contribution in [0.3, 0.4) is 0 Å². The highest BCUT2D eigenvalue weighted by molar-refractivity contribution is 6.32. The number of furan rings is 1. The second kappa shape index (κ2) is 3.41. The summed E-state index contributed by atoms with van der Waals surface area (Å²) >= 11 is 5.65. The Hall–Kier alpha value is -1.00. The van der Waals surface area contributed by atoms with Gasteiger partial charge in [-0.3, -0.25) is 4.99 Å². The molecule has 1 heterocycles. The fraction of sp³-hybridized carbons (Fsp3) is 0.167. The maximum atomic E-state index is 5.65. The Bertz CT molecular complexity index is 269. The average molecular weight is 174 g/mol. The molecule has 1 rings (SSSR count). The van der Waals surface area contributed by atoms with Gasteiger partial charge >= 0.3 is 0 Å². The van der Waals surface area contributed by atoms with Gasteiger partial charge in [-0.2, -0.15) is 0 Å². The lowest BCUT2D eigenvalue weighted by molar-refractivity contribution is 0.568. The van der Waals surface area contributed by atoms with Crippen molar-refractivity contribution in [2.24, 2.45) is 10.8 Å². The van der Waals surface area contributed by atoms with E-state index in [4.69, 9.17) is 21.9 Å². The molecule has 0 saturated heterocycles. The van der Waals surface area contributed by atoms with Crippen LogP contribution in [0.4, 0.5) is 0 Å². The largest absolute Gasteiger partial charge is 0.452 e. The van der Waals surface area contributed by atoms with E-state index in [2.05, 4.69) is 10.4 Å². The highest BCUT2D eigenvalue weighted by Gasteiger charge is 2.07. The Labute approximate surface area is 69.0 Å². The minimum Gasteiger partial charge on any atom is -0.452 e. The van der Waals surface area contributed by atoms with E-state index in [1.54, 1.807) is 13.1 Å². The molecule has 0 radical (unpaired) electrons. The van der Waals surface area contributed by atoms with Gasteiger partial charge in [-0.1, -0.05) is 0 Å². The highest BCUT2D eigenvalue weighted by Crippen LogP contribution is 2.16. The van der Waals surface area contributed by atoms with Crippen molar-refractivity contribution in [1.82, 2.24) is 5.43 Å². The topological polar surface area (TPSA) is 63.5 Å². The molecular weight excluding hydrogens is 166 g/mol. The third kappa shape index (κ3) is 1.53. The molecule has 0 saturated carbocycles. The van der Waals surface area contributed by atoms with Crippen molar-refractivity contribution in [3.8, 4) is 0 Å². The molecule has 0 bridgehead atoms. The van der Waals surface area contributed by atoms with E-state index in [0.29, 0.717) is 11.4 Å². The van der Waals surface area contributed by atoms with E-state index in [1.165, 1.54) is 6.26 Å². The standard InChI is InChI=1S/C6H8ClN3O/c1-9-6(10-8)4-2-3-11-5(4)7/h2-3H,8H2,1H3,(H,9,10). The predicted octanol–water partition coefficient (Wildman–Crippen LogP) is 0.773. The zero-order valence-electron chi connectivity index (χ0n) is 5.97. The summed E-state index contributed by atoms with van der Waals surface area (Å²) in [7, 11) is 1.61. The summed E-state index contributed by atoms with van der Waals surface area (Å²) in [4.78, 5) is 3.85. The van der Waals surface area contributed by atoms with Gasteiger partial charge in [0.1, 0.15) is 5.84 Å². The number of hydrogen-bond donors (Lipinski definition) is 2. The minimum absolute atomic E-state index is 0.281. The van der Waals surface area contributed by atoms with Crippen molar-refractivity contribution in [1.29, 1.82) is 0 Å². The summed E-state index contributed by atoms with van der Waals surface area (Å²) in [6.07, 6.45) is 1.47. The van der Waals surface area contributed by atoms with Crippen LogP contribution in [0.1, 0.15) is 5.56 Å². The SMILES string of the molecule is CN=C(NN)c1ccoc1Cl. The van der Waals surface area contributed by atoms with Gasteiger partial charge in [0.05, 0.1) is 11.8 Å². The average Bonchev–Trinajstić information content (AvgIpc) is 2.40. The molecule has 5 heteroatoms. The maximum absolute atomic E-state index is 5.65. The predicted molar refractivity (Wildman–Crippen MR) is 43.5 cm³/mol. The van der Waals surface area contributed by atoms with E-state index in [0.717, 1.165) is 0 Å². The fourth-order valence-electron chi connectivity index (χ4n) is 0.726. The van der Waals surface area contributed by atoms with E-state index < -0.39 is 0 Å². The van der Waals surface area contributed by atoms with Crippen LogP contribution in [0.2, 0.25) is 5.22 Å². The number of nitrogens with zero attached hydrogens (tertiary/aromatic N) is 1. The number of hydrogen-bond acceptors (Lipinski definition) is 3. The summed E-state index contributed by atoms with van der Waals surface area (Å²) in [5.74, 6) is 5.67. The van der Waals surface area contributed by atoms with E-state index in [-0.39, 0.29) is 5.22 Å². The molecule has 60 valence electrons. The Morgan fingerprint density at radius 2 is 2.55 bits per heavy atom. The molecule has 0 atom stereocenters. The van der Waals surface area contributed by atoms with Crippen LogP contribution < -0.4 is 11.3 Å². The number of hydrazine groups is 1. The van der Waals surface area contributed by atoms with Gasteiger partial charge in [0.25, 0.3) is 0 Å². The van der Waals surface area contributed by atoms with Gasteiger partial charge in [-0.05, 0) is 17.7 Å². The number of aliphatic imine (C=N–C) groups is 1.